The number of nitrogens with one attached hydrogen (secondary N) is 1. The van der Waals surface area contributed by atoms with E-state index < -0.39 is 0 Å². The largest absolute Gasteiger partial charge is 0.496 e. The number of carbonyl (C=O) groups is 1. The molecule has 0 aliphatic carbocycles. The lowest BCUT2D eigenvalue weighted by atomic mass is 9.94. The molecule has 3 N–H and O–H groups in total. The Morgan fingerprint density at radius 3 is 2.57 bits per heavy atom. The number of rotatable bonds is 8. The predicted octanol–water partition coefficient (Wildman–Crippen LogP) is 3.02. The summed E-state index contributed by atoms with van der Waals surface area (Å²) in [6.45, 7) is 4.63. The molecule has 0 aromatic heterocycles. The summed E-state index contributed by atoms with van der Waals surface area (Å²) in [5.74, 6) is 0.834. The maximum atomic E-state index is 11.9. The first-order chi connectivity index (χ1) is 9.94. The Morgan fingerprint density at radius 2 is 2.05 bits per heavy atom. The molecule has 118 valence electrons. The lowest BCUT2D eigenvalue weighted by Gasteiger charge is -2.26. The van der Waals surface area contributed by atoms with Crippen molar-refractivity contribution in [3.63, 3.8) is 0 Å². The Kier molecular flexibility index (Phi) is 7.18. The van der Waals surface area contributed by atoms with Crippen LogP contribution >= 0.6 is 15.9 Å². The summed E-state index contributed by atoms with van der Waals surface area (Å²) in [7, 11) is 1.63. The Hall–Kier alpha value is -1.07. The molecule has 0 heterocycles. The molecule has 0 spiro atoms. The summed E-state index contributed by atoms with van der Waals surface area (Å²) in [6.07, 6.45) is 2.87. The van der Waals surface area contributed by atoms with E-state index in [-0.39, 0.29) is 11.4 Å². The molecule has 5 heteroatoms. The molecule has 1 rings (SSSR count). The van der Waals surface area contributed by atoms with Gasteiger partial charge in [0.25, 0.3) is 0 Å². The van der Waals surface area contributed by atoms with Crippen molar-refractivity contribution >= 4 is 21.8 Å². The van der Waals surface area contributed by atoms with Crippen molar-refractivity contribution < 1.29 is 9.53 Å². The molecular weight excluding hydrogens is 332 g/mol. The van der Waals surface area contributed by atoms with Crippen LogP contribution in [0.15, 0.2) is 22.7 Å². The van der Waals surface area contributed by atoms with Crippen LogP contribution < -0.4 is 15.8 Å². The molecule has 0 bridgehead atoms. The molecule has 0 unspecified atom stereocenters. The second-order valence-corrected chi connectivity index (χ2v) is 6.17. The molecule has 0 aliphatic heterocycles. The third-order valence-electron chi connectivity index (χ3n) is 3.90. The fourth-order valence-corrected chi connectivity index (χ4v) is 2.57. The SMILES string of the molecule is CCC(N)(CC)CNC(=O)CCc1ccc(OC)c(Br)c1. The van der Waals surface area contributed by atoms with Gasteiger partial charge in [0, 0.05) is 18.5 Å². The van der Waals surface area contributed by atoms with Crippen LogP contribution in [-0.2, 0) is 11.2 Å². The highest BCUT2D eigenvalue weighted by Gasteiger charge is 2.20. The fraction of sp³-hybridized carbons (Fsp3) is 0.562. The average molecular weight is 357 g/mol. The van der Waals surface area contributed by atoms with Gasteiger partial charge in [0.1, 0.15) is 5.75 Å². The van der Waals surface area contributed by atoms with E-state index in [0.717, 1.165) is 28.6 Å². The van der Waals surface area contributed by atoms with Crippen LogP contribution in [0.4, 0.5) is 0 Å². The van der Waals surface area contributed by atoms with Gasteiger partial charge < -0.3 is 15.8 Å². The maximum absolute atomic E-state index is 11.9. The number of carbonyl (C=O) groups excluding carboxylic acids is 1. The number of methoxy groups -OCH3 is 1. The highest BCUT2D eigenvalue weighted by molar-refractivity contribution is 9.10. The number of halogens is 1. The van der Waals surface area contributed by atoms with Crippen LogP contribution in [0.2, 0.25) is 0 Å². The van der Waals surface area contributed by atoms with Crippen molar-refractivity contribution in [2.24, 2.45) is 5.73 Å². The second-order valence-electron chi connectivity index (χ2n) is 5.32. The normalized spacial score (nSPS) is 11.3. The van der Waals surface area contributed by atoms with Gasteiger partial charge in [0.2, 0.25) is 5.91 Å². The molecule has 0 aliphatic rings. The average Bonchev–Trinajstić information content (AvgIpc) is 2.50. The summed E-state index contributed by atoms with van der Waals surface area (Å²) in [5.41, 5.74) is 6.98. The summed E-state index contributed by atoms with van der Waals surface area (Å²) in [5, 5.41) is 2.93. The Morgan fingerprint density at radius 1 is 1.38 bits per heavy atom. The van der Waals surface area contributed by atoms with E-state index in [0.29, 0.717) is 19.4 Å². The van der Waals surface area contributed by atoms with E-state index in [1.165, 1.54) is 0 Å². The molecule has 1 aromatic carbocycles. The first-order valence-corrected chi connectivity index (χ1v) is 8.11. The number of hydrogen-bond acceptors (Lipinski definition) is 3. The standard InChI is InChI=1S/C16H25BrN2O2/c1-4-16(18,5-2)11-19-15(20)9-7-12-6-8-14(21-3)13(17)10-12/h6,8,10H,4-5,7,9,11,18H2,1-3H3,(H,19,20). The summed E-state index contributed by atoms with van der Waals surface area (Å²) >= 11 is 3.45. The van der Waals surface area contributed by atoms with Gasteiger partial charge in [-0.25, -0.2) is 0 Å². The Balaban J connectivity index is 2.45. The molecule has 0 atom stereocenters. The van der Waals surface area contributed by atoms with Crippen molar-refractivity contribution in [2.45, 2.75) is 45.1 Å². The van der Waals surface area contributed by atoms with Gasteiger partial charge in [-0.05, 0) is 52.9 Å². The number of amides is 1. The Bertz CT molecular complexity index is 473. The molecule has 0 saturated carbocycles. The third-order valence-corrected chi connectivity index (χ3v) is 4.52. The van der Waals surface area contributed by atoms with Crippen LogP contribution in [0.3, 0.4) is 0 Å². The summed E-state index contributed by atoms with van der Waals surface area (Å²) in [4.78, 5) is 11.9. The maximum Gasteiger partial charge on any atom is 0.220 e. The highest BCUT2D eigenvalue weighted by atomic mass is 79.9. The van der Waals surface area contributed by atoms with Crippen molar-refractivity contribution in [3.8, 4) is 5.75 Å². The summed E-state index contributed by atoms with van der Waals surface area (Å²) < 4.78 is 6.09. The number of hydrogen-bond donors (Lipinski definition) is 2. The lowest BCUT2D eigenvalue weighted by molar-refractivity contribution is -0.121. The topological polar surface area (TPSA) is 64.3 Å². The molecule has 21 heavy (non-hydrogen) atoms. The minimum atomic E-state index is -0.293. The highest BCUT2D eigenvalue weighted by Crippen LogP contribution is 2.25. The zero-order valence-corrected chi connectivity index (χ0v) is 14.6. The van der Waals surface area contributed by atoms with Gasteiger partial charge in [0.05, 0.1) is 11.6 Å². The fourth-order valence-electron chi connectivity index (χ4n) is 1.99. The van der Waals surface area contributed by atoms with Gasteiger partial charge in [0.15, 0.2) is 0 Å². The van der Waals surface area contributed by atoms with Gasteiger partial charge >= 0.3 is 0 Å². The van der Waals surface area contributed by atoms with Crippen molar-refractivity contribution in [2.75, 3.05) is 13.7 Å². The Labute approximate surface area is 135 Å². The smallest absolute Gasteiger partial charge is 0.220 e. The van der Waals surface area contributed by atoms with E-state index in [4.69, 9.17) is 10.5 Å². The molecule has 0 fully saturated rings. The minimum absolute atomic E-state index is 0.0404. The van der Waals surface area contributed by atoms with Crippen LogP contribution in [0, 0.1) is 0 Å². The van der Waals surface area contributed by atoms with E-state index in [1.54, 1.807) is 7.11 Å². The van der Waals surface area contributed by atoms with Crippen molar-refractivity contribution in [3.05, 3.63) is 28.2 Å². The number of aryl methyl sites for hydroxylation is 1. The van der Waals surface area contributed by atoms with E-state index >= 15 is 0 Å². The van der Waals surface area contributed by atoms with Crippen molar-refractivity contribution in [1.29, 1.82) is 0 Å². The van der Waals surface area contributed by atoms with E-state index in [2.05, 4.69) is 21.2 Å². The molecule has 1 aromatic rings. The van der Waals surface area contributed by atoms with Crippen LogP contribution in [-0.4, -0.2) is 25.1 Å². The predicted molar refractivity (Wildman–Crippen MR) is 89.5 cm³/mol. The van der Waals surface area contributed by atoms with Gasteiger partial charge in [-0.3, -0.25) is 4.79 Å². The molecule has 0 radical (unpaired) electrons. The zero-order valence-electron chi connectivity index (χ0n) is 13.0. The summed E-state index contributed by atoms with van der Waals surface area (Å²) in [6, 6.07) is 5.86. The molecule has 1 amide bonds. The monoisotopic (exact) mass is 356 g/mol. The number of nitrogens with two attached hydrogens (primary N) is 1. The quantitative estimate of drug-likeness (QED) is 0.752. The van der Waals surface area contributed by atoms with Gasteiger partial charge in [-0.2, -0.15) is 0 Å². The number of benzene rings is 1. The minimum Gasteiger partial charge on any atom is -0.496 e. The van der Waals surface area contributed by atoms with Crippen LogP contribution in [0.1, 0.15) is 38.7 Å². The second kappa shape index (κ2) is 8.39. The third kappa shape index (κ3) is 5.67. The zero-order chi connectivity index (χ0) is 15.9. The molecular formula is C16H25BrN2O2. The first kappa shape index (κ1) is 18.0. The van der Waals surface area contributed by atoms with Crippen LogP contribution in [0.25, 0.3) is 0 Å². The molecule has 4 nitrogen and oxygen atoms in total. The lowest BCUT2D eigenvalue weighted by Crippen LogP contribution is -2.49. The van der Waals surface area contributed by atoms with E-state index in [9.17, 15) is 4.79 Å². The molecule has 0 saturated heterocycles. The van der Waals surface area contributed by atoms with Gasteiger partial charge in [-0.1, -0.05) is 19.9 Å². The first-order valence-electron chi connectivity index (χ1n) is 7.32. The van der Waals surface area contributed by atoms with E-state index in [1.807, 2.05) is 32.0 Å². The van der Waals surface area contributed by atoms with Crippen molar-refractivity contribution in [1.82, 2.24) is 5.32 Å². The number of ether oxygens (including phenoxy) is 1. The van der Waals surface area contributed by atoms with Gasteiger partial charge in [-0.15, -0.1) is 0 Å². The van der Waals surface area contributed by atoms with Crippen LogP contribution in [0.5, 0.6) is 5.75 Å².